The SMILES string of the molecule is CCC(CC)N(CC(F)(F)F)S(=O)(=O)c1ccc(=O)[nH]c1. The van der Waals surface area contributed by atoms with Crippen LogP contribution in [0.3, 0.4) is 0 Å². The molecule has 0 aliphatic rings. The normalized spacial score (nSPS) is 13.1. The average molecular weight is 326 g/mol. The van der Waals surface area contributed by atoms with Crippen LogP contribution in [0.5, 0.6) is 0 Å². The second-order valence-corrected chi connectivity index (χ2v) is 6.41. The molecule has 1 N–H and O–H groups in total. The molecule has 0 fully saturated rings. The fraction of sp³-hybridized carbons (Fsp3) is 0.583. The van der Waals surface area contributed by atoms with Crippen molar-refractivity contribution >= 4 is 10.0 Å². The van der Waals surface area contributed by atoms with Crippen LogP contribution in [0.1, 0.15) is 26.7 Å². The summed E-state index contributed by atoms with van der Waals surface area (Å²) in [6.07, 6.45) is -3.22. The molecule has 1 aromatic heterocycles. The lowest BCUT2D eigenvalue weighted by Crippen LogP contribution is -2.45. The van der Waals surface area contributed by atoms with Gasteiger partial charge in [0.25, 0.3) is 0 Å². The molecule has 0 spiro atoms. The number of rotatable bonds is 6. The van der Waals surface area contributed by atoms with Crippen molar-refractivity contribution in [3.63, 3.8) is 0 Å². The van der Waals surface area contributed by atoms with Gasteiger partial charge < -0.3 is 4.98 Å². The van der Waals surface area contributed by atoms with Gasteiger partial charge in [-0.25, -0.2) is 8.42 Å². The van der Waals surface area contributed by atoms with Crippen LogP contribution in [0.15, 0.2) is 28.0 Å². The van der Waals surface area contributed by atoms with E-state index in [2.05, 4.69) is 4.98 Å². The van der Waals surface area contributed by atoms with E-state index in [0.717, 1.165) is 18.3 Å². The first-order valence-electron chi connectivity index (χ1n) is 6.39. The monoisotopic (exact) mass is 326 g/mol. The number of aromatic nitrogens is 1. The Morgan fingerprint density at radius 1 is 1.24 bits per heavy atom. The molecule has 0 aliphatic carbocycles. The second-order valence-electron chi connectivity index (χ2n) is 4.52. The van der Waals surface area contributed by atoms with Gasteiger partial charge in [-0.1, -0.05) is 13.8 Å². The summed E-state index contributed by atoms with van der Waals surface area (Å²) in [5.74, 6) is 0. The van der Waals surface area contributed by atoms with Crippen molar-refractivity contribution in [1.29, 1.82) is 0 Å². The second kappa shape index (κ2) is 6.61. The van der Waals surface area contributed by atoms with Crippen LogP contribution < -0.4 is 5.56 Å². The number of hydrogen-bond acceptors (Lipinski definition) is 3. The molecule has 0 unspecified atom stereocenters. The number of hydrogen-bond donors (Lipinski definition) is 1. The van der Waals surface area contributed by atoms with E-state index in [9.17, 15) is 26.4 Å². The largest absolute Gasteiger partial charge is 0.402 e. The summed E-state index contributed by atoms with van der Waals surface area (Å²) in [5, 5.41) is 0. The molecule has 0 amide bonds. The zero-order valence-corrected chi connectivity index (χ0v) is 12.5. The van der Waals surface area contributed by atoms with E-state index >= 15 is 0 Å². The summed E-state index contributed by atoms with van der Waals surface area (Å²) in [4.78, 5) is 12.7. The maximum atomic E-state index is 12.7. The van der Waals surface area contributed by atoms with Crippen molar-refractivity contribution in [2.45, 2.75) is 43.8 Å². The predicted molar refractivity (Wildman–Crippen MR) is 71.4 cm³/mol. The van der Waals surface area contributed by atoms with Crippen LogP contribution >= 0.6 is 0 Å². The van der Waals surface area contributed by atoms with Gasteiger partial charge in [0.1, 0.15) is 6.54 Å². The lowest BCUT2D eigenvalue weighted by Gasteiger charge is -2.30. The van der Waals surface area contributed by atoms with Gasteiger partial charge >= 0.3 is 6.18 Å². The van der Waals surface area contributed by atoms with Crippen LogP contribution in [-0.2, 0) is 10.0 Å². The number of nitrogens with one attached hydrogen (secondary N) is 1. The van der Waals surface area contributed by atoms with Crippen LogP contribution in [-0.4, -0.2) is 36.5 Å². The molecule has 0 radical (unpaired) electrons. The smallest absolute Gasteiger partial charge is 0.328 e. The summed E-state index contributed by atoms with van der Waals surface area (Å²) in [5.41, 5.74) is -0.529. The molecule has 0 saturated heterocycles. The summed E-state index contributed by atoms with van der Waals surface area (Å²) in [6, 6.07) is 1.20. The Bertz CT molecular complexity index is 601. The topological polar surface area (TPSA) is 70.2 Å². The van der Waals surface area contributed by atoms with Crippen molar-refractivity contribution in [1.82, 2.24) is 9.29 Å². The van der Waals surface area contributed by atoms with Gasteiger partial charge in [-0.3, -0.25) is 4.79 Å². The van der Waals surface area contributed by atoms with Gasteiger partial charge in [0.15, 0.2) is 0 Å². The molecule has 0 atom stereocenters. The highest BCUT2D eigenvalue weighted by Gasteiger charge is 2.39. The predicted octanol–water partition coefficient (Wildman–Crippen LogP) is 2.12. The van der Waals surface area contributed by atoms with E-state index < -0.39 is 34.3 Å². The zero-order chi connectivity index (χ0) is 16.3. The van der Waals surface area contributed by atoms with Gasteiger partial charge in [0, 0.05) is 18.3 Å². The Hall–Kier alpha value is -1.35. The fourth-order valence-corrected chi connectivity index (χ4v) is 3.70. The molecule has 120 valence electrons. The number of pyridine rings is 1. The third kappa shape index (κ3) is 4.57. The zero-order valence-electron chi connectivity index (χ0n) is 11.6. The van der Waals surface area contributed by atoms with Crippen molar-refractivity contribution in [2.24, 2.45) is 0 Å². The highest BCUT2D eigenvalue weighted by atomic mass is 32.2. The third-order valence-corrected chi connectivity index (χ3v) is 4.94. The number of aromatic amines is 1. The van der Waals surface area contributed by atoms with E-state index in [4.69, 9.17) is 0 Å². The molecule has 21 heavy (non-hydrogen) atoms. The summed E-state index contributed by atoms with van der Waals surface area (Å²) in [7, 11) is -4.33. The number of sulfonamides is 1. The van der Waals surface area contributed by atoms with Crippen LogP contribution in [0.4, 0.5) is 13.2 Å². The van der Waals surface area contributed by atoms with Crippen molar-refractivity contribution in [2.75, 3.05) is 6.54 Å². The van der Waals surface area contributed by atoms with E-state index in [1.54, 1.807) is 13.8 Å². The molecule has 1 heterocycles. The Balaban J connectivity index is 3.28. The first kappa shape index (κ1) is 17.7. The van der Waals surface area contributed by atoms with Crippen LogP contribution in [0, 0.1) is 0 Å². The summed E-state index contributed by atoms with van der Waals surface area (Å²) in [6.45, 7) is 1.70. The van der Waals surface area contributed by atoms with Crippen LogP contribution in [0.25, 0.3) is 0 Å². The molecule has 1 rings (SSSR count). The Morgan fingerprint density at radius 3 is 2.19 bits per heavy atom. The molecule has 5 nitrogen and oxygen atoms in total. The van der Waals surface area contributed by atoms with E-state index in [-0.39, 0.29) is 17.7 Å². The first-order valence-corrected chi connectivity index (χ1v) is 7.83. The van der Waals surface area contributed by atoms with E-state index in [1.165, 1.54) is 0 Å². The summed E-state index contributed by atoms with van der Waals surface area (Å²) >= 11 is 0. The van der Waals surface area contributed by atoms with Gasteiger partial charge in [0.05, 0.1) is 4.90 Å². The summed E-state index contributed by atoms with van der Waals surface area (Å²) < 4.78 is 63.3. The molecule has 0 aromatic carbocycles. The quantitative estimate of drug-likeness (QED) is 0.870. The van der Waals surface area contributed by atoms with Crippen LogP contribution in [0.2, 0.25) is 0 Å². The van der Waals surface area contributed by atoms with Crippen molar-refractivity contribution in [3.8, 4) is 0 Å². The number of nitrogens with zero attached hydrogens (tertiary/aromatic N) is 1. The number of H-pyrrole nitrogens is 1. The molecule has 0 saturated carbocycles. The average Bonchev–Trinajstić information content (AvgIpc) is 2.38. The highest BCUT2D eigenvalue weighted by Crippen LogP contribution is 2.26. The first-order chi connectivity index (χ1) is 9.61. The maximum Gasteiger partial charge on any atom is 0.402 e. The molecular weight excluding hydrogens is 309 g/mol. The van der Waals surface area contributed by atoms with E-state index in [1.807, 2.05) is 0 Å². The molecule has 9 heteroatoms. The standard InChI is InChI=1S/C12H17F3N2O3S/c1-3-9(4-2)17(8-12(13,14)15)21(19,20)10-5-6-11(18)16-7-10/h5-7,9H,3-4,8H2,1-2H3,(H,16,18). The fourth-order valence-electron chi connectivity index (χ4n) is 1.98. The molecule has 0 bridgehead atoms. The van der Waals surface area contributed by atoms with Gasteiger partial charge in [0.2, 0.25) is 15.6 Å². The minimum atomic E-state index is -4.64. The Kier molecular flexibility index (Phi) is 5.57. The van der Waals surface area contributed by atoms with Gasteiger partial charge in [-0.05, 0) is 18.9 Å². The van der Waals surface area contributed by atoms with Crippen molar-refractivity contribution in [3.05, 3.63) is 28.7 Å². The maximum absolute atomic E-state index is 12.7. The van der Waals surface area contributed by atoms with E-state index in [0.29, 0.717) is 4.31 Å². The van der Waals surface area contributed by atoms with Gasteiger partial charge in [-0.15, -0.1) is 0 Å². The van der Waals surface area contributed by atoms with Crippen molar-refractivity contribution < 1.29 is 21.6 Å². The lowest BCUT2D eigenvalue weighted by atomic mass is 10.2. The number of alkyl halides is 3. The third-order valence-electron chi connectivity index (χ3n) is 3.05. The molecule has 0 aliphatic heterocycles. The number of halogens is 3. The molecule has 1 aromatic rings. The Labute approximate surface area is 120 Å². The minimum absolute atomic E-state index is 0.259. The Morgan fingerprint density at radius 2 is 1.81 bits per heavy atom. The lowest BCUT2D eigenvalue weighted by molar-refractivity contribution is -0.139. The highest BCUT2D eigenvalue weighted by molar-refractivity contribution is 7.89. The minimum Gasteiger partial charge on any atom is -0.328 e. The van der Waals surface area contributed by atoms with Gasteiger partial charge in [-0.2, -0.15) is 17.5 Å². The molecular formula is C12H17F3N2O3S.